The highest BCUT2D eigenvalue weighted by molar-refractivity contribution is 7.99. The number of alkyl halides is 3. The van der Waals surface area contributed by atoms with Gasteiger partial charge < -0.3 is 4.57 Å². The lowest BCUT2D eigenvalue weighted by atomic mass is 10.3. The summed E-state index contributed by atoms with van der Waals surface area (Å²) in [6.45, 7) is 0. The molecular formula is C10H6F4N4O2S. The van der Waals surface area contributed by atoms with Crippen LogP contribution in [0.15, 0.2) is 28.3 Å². The second kappa shape index (κ2) is 5.31. The number of nitro groups is 1. The highest BCUT2D eigenvalue weighted by Gasteiger charge is 2.37. The van der Waals surface area contributed by atoms with Crippen molar-refractivity contribution in [2.45, 2.75) is 16.2 Å². The van der Waals surface area contributed by atoms with Crippen LogP contribution in [0.2, 0.25) is 0 Å². The normalized spacial score (nSPS) is 11.7. The number of aromatic nitrogens is 3. The average molecular weight is 322 g/mol. The van der Waals surface area contributed by atoms with Gasteiger partial charge in [0.1, 0.15) is 5.82 Å². The van der Waals surface area contributed by atoms with Crippen LogP contribution in [0.4, 0.5) is 23.2 Å². The van der Waals surface area contributed by atoms with Gasteiger partial charge in [0.05, 0.1) is 15.9 Å². The van der Waals surface area contributed by atoms with E-state index < -0.39 is 28.4 Å². The summed E-state index contributed by atoms with van der Waals surface area (Å²) in [6.07, 6.45) is -4.69. The van der Waals surface area contributed by atoms with Crippen LogP contribution in [0, 0.1) is 15.9 Å². The zero-order valence-corrected chi connectivity index (χ0v) is 11.1. The average Bonchev–Trinajstić information content (AvgIpc) is 2.72. The Bertz CT molecular complexity index is 701. The van der Waals surface area contributed by atoms with E-state index >= 15 is 0 Å². The van der Waals surface area contributed by atoms with Gasteiger partial charge in [-0.05, 0) is 23.9 Å². The van der Waals surface area contributed by atoms with Gasteiger partial charge in [-0.2, -0.15) is 13.2 Å². The van der Waals surface area contributed by atoms with Crippen molar-refractivity contribution in [1.29, 1.82) is 0 Å². The first-order chi connectivity index (χ1) is 9.70. The molecule has 21 heavy (non-hydrogen) atoms. The Kier molecular flexibility index (Phi) is 3.85. The van der Waals surface area contributed by atoms with Crippen LogP contribution in [0.25, 0.3) is 0 Å². The minimum Gasteiger partial charge on any atom is -0.301 e. The summed E-state index contributed by atoms with van der Waals surface area (Å²) in [5, 5.41) is 17.0. The minimum absolute atomic E-state index is 0.0365. The SMILES string of the molecule is Cn1c(Sc2ccc(F)cc2[N+](=O)[O-])nnc1C(F)(F)F. The molecule has 0 N–H and O–H groups in total. The van der Waals surface area contributed by atoms with Gasteiger partial charge in [-0.1, -0.05) is 0 Å². The van der Waals surface area contributed by atoms with E-state index in [0.717, 1.165) is 19.2 Å². The third-order valence-electron chi connectivity index (χ3n) is 2.41. The molecule has 0 saturated heterocycles. The molecule has 0 aliphatic heterocycles. The zero-order valence-electron chi connectivity index (χ0n) is 10.3. The van der Waals surface area contributed by atoms with E-state index in [2.05, 4.69) is 10.2 Å². The number of hydrogen-bond donors (Lipinski definition) is 0. The van der Waals surface area contributed by atoms with Crippen molar-refractivity contribution in [3.8, 4) is 0 Å². The van der Waals surface area contributed by atoms with Crippen molar-refractivity contribution >= 4 is 17.4 Å². The molecule has 0 aliphatic carbocycles. The maximum absolute atomic E-state index is 13.0. The number of nitrogens with zero attached hydrogens (tertiary/aromatic N) is 4. The van der Waals surface area contributed by atoms with Gasteiger partial charge in [0.15, 0.2) is 5.16 Å². The molecule has 0 aliphatic rings. The summed E-state index contributed by atoms with van der Waals surface area (Å²) >= 11 is 0.596. The molecule has 0 amide bonds. The molecule has 112 valence electrons. The van der Waals surface area contributed by atoms with Crippen LogP contribution in [0.5, 0.6) is 0 Å². The summed E-state index contributed by atoms with van der Waals surface area (Å²) in [6, 6.07) is 2.75. The molecular weight excluding hydrogens is 316 g/mol. The summed E-state index contributed by atoms with van der Waals surface area (Å²) in [5.74, 6) is -2.05. The third kappa shape index (κ3) is 3.12. The lowest BCUT2D eigenvalue weighted by Gasteiger charge is -2.06. The standard InChI is InChI=1S/C10H6F4N4O2S/c1-17-8(10(12,13)14)15-16-9(17)21-7-3-2-5(11)4-6(7)18(19)20/h2-4H,1H3. The van der Waals surface area contributed by atoms with Crippen LogP contribution in [0.1, 0.15) is 5.82 Å². The number of benzene rings is 1. The summed E-state index contributed by atoms with van der Waals surface area (Å²) in [4.78, 5) is 9.95. The van der Waals surface area contributed by atoms with E-state index in [1.807, 2.05) is 0 Å². The van der Waals surface area contributed by atoms with Crippen LogP contribution in [-0.4, -0.2) is 19.7 Å². The Labute approximate surface area is 118 Å². The fraction of sp³-hybridized carbons (Fsp3) is 0.200. The molecule has 2 aromatic rings. The lowest BCUT2D eigenvalue weighted by Crippen LogP contribution is -2.12. The van der Waals surface area contributed by atoms with E-state index in [1.54, 1.807) is 0 Å². The number of nitro benzene ring substituents is 1. The van der Waals surface area contributed by atoms with Crippen LogP contribution < -0.4 is 0 Å². The van der Waals surface area contributed by atoms with Gasteiger partial charge >= 0.3 is 6.18 Å². The molecule has 0 saturated carbocycles. The second-order valence-electron chi connectivity index (χ2n) is 3.83. The minimum atomic E-state index is -4.69. The Hall–Kier alpha value is -2.17. The molecule has 0 fully saturated rings. The molecule has 0 atom stereocenters. The lowest BCUT2D eigenvalue weighted by molar-refractivity contribution is -0.387. The van der Waals surface area contributed by atoms with E-state index in [-0.39, 0.29) is 10.1 Å². The topological polar surface area (TPSA) is 73.8 Å². The van der Waals surface area contributed by atoms with Crippen molar-refractivity contribution in [1.82, 2.24) is 14.8 Å². The molecule has 0 bridgehead atoms. The summed E-state index contributed by atoms with van der Waals surface area (Å²) < 4.78 is 51.4. The predicted octanol–water partition coefficient (Wildman–Crippen LogP) is 3.03. The molecule has 0 radical (unpaired) electrons. The highest BCUT2D eigenvalue weighted by Crippen LogP contribution is 2.36. The fourth-order valence-corrected chi connectivity index (χ4v) is 2.34. The maximum Gasteiger partial charge on any atom is 0.451 e. The molecule has 11 heteroatoms. The van der Waals surface area contributed by atoms with Crippen LogP contribution >= 0.6 is 11.8 Å². The van der Waals surface area contributed by atoms with Crippen molar-refractivity contribution in [2.24, 2.45) is 7.05 Å². The second-order valence-corrected chi connectivity index (χ2v) is 4.84. The number of halogens is 4. The molecule has 1 heterocycles. The van der Waals surface area contributed by atoms with E-state index in [0.29, 0.717) is 22.4 Å². The van der Waals surface area contributed by atoms with E-state index in [4.69, 9.17) is 0 Å². The largest absolute Gasteiger partial charge is 0.451 e. The zero-order chi connectivity index (χ0) is 15.8. The first-order valence-corrected chi connectivity index (χ1v) is 6.10. The summed E-state index contributed by atoms with van der Waals surface area (Å²) in [5.41, 5.74) is -0.559. The van der Waals surface area contributed by atoms with Gasteiger partial charge in [-0.25, -0.2) is 4.39 Å². The molecule has 6 nitrogen and oxygen atoms in total. The van der Waals surface area contributed by atoms with Crippen molar-refractivity contribution in [2.75, 3.05) is 0 Å². The smallest absolute Gasteiger partial charge is 0.301 e. The van der Waals surface area contributed by atoms with Crippen LogP contribution in [-0.2, 0) is 13.2 Å². The summed E-state index contributed by atoms with van der Waals surface area (Å²) in [7, 11) is 1.08. The van der Waals surface area contributed by atoms with Crippen molar-refractivity contribution < 1.29 is 22.5 Å². The Morgan fingerprint density at radius 3 is 2.52 bits per heavy atom. The highest BCUT2D eigenvalue weighted by atomic mass is 32.2. The van der Waals surface area contributed by atoms with Crippen LogP contribution in [0.3, 0.4) is 0 Å². The monoisotopic (exact) mass is 322 g/mol. The first kappa shape index (κ1) is 15.2. The van der Waals surface area contributed by atoms with E-state index in [9.17, 15) is 27.7 Å². The van der Waals surface area contributed by atoms with Gasteiger partial charge in [-0.15, -0.1) is 10.2 Å². The molecule has 2 rings (SSSR count). The van der Waals surface area contributed by atoms with Crippen molar-refractivity contribution in [3.05, 3.63) is 40.0 Å². The van der Waals surface area contributed by atoms with Gasteiger partial charge in [0, 0.05) is 7.05 Å². The molecule has 1 aromatic carbocycles. The quantitative estimate of drug-likeness (QED) is 0.493. The molecule has 0 unspecified atom stereocenters. The van der Waals surface area contributed by atoms with Gasteiger partial charge in [0.25, 0.3) is 5.69 Å². The number of hydrogen-bond acceptors (Lipinski definition) is 5. The van der Waals surface area contributed by atoms with Gasteiger partial charge in [0.2, 0.25) is 5.82 Å². The van der Waals surface area contributed by atoms with Gasteiger partial charge in [-0.3, -0.25) is 10.1 Å². The van der Waals surface area contributed by atoms with E-state index in [1.165, 1.54) is 0 Å². The Morgan fingerprint density at radius 1 is 1.33 bits per heavy atom. The Morgan fingerprint density at radius 2 is 2.00 bits per heavy atom. The fourth-order valence-electron chi connectivity index (χ4n) is 1.47. The third-order valence-corrected chi connectivity index (χ3v) is 3.51. The number of rotatable bonds is 3. The molecule has 0 spiro atoms. The predicted molar refractivity (Wildman–Crippen MR) is 63.2 cm³/mol. The maximum atomic E-state index is 13.0. The van der Waals surface area contributed by atoms with Crippen molar-refractivity contribution in [3.63, 3.8) is 0 Å². The first-order valence-electron chi connectivity index (χ1n) is 5.28. The Balaban J connectivity index is 2.40. The molecule has 1 aromatic heterocycles.